The first-order valence-corrected chi connectivity index (χ1v) is 8.30. The molecule has 6 nitrogen and oxygen atoms in total. The van der Waals surface area contributed by atoms with Gasteiger partial charge in [-0.25, -0.2) is 9.97 Å². The smallest absolute Gasteiger partial charge is 0.364 e. The predicted octanol–water partition coefficient (Wildman–Crippen LogP) is 4.06. The number of carbonyl (C=O) groups excluding carboxylic acids is 1. The summed E-state index contributed by atoms with van der Waals surface area (Å²) in [7, 11) is 0. The molecule has 1 amide bonds. The number of halogens is 3. The fraction of sp³-hybridized carbons (Fsp3) is 0.158. The highest BCUT2D eigenvalue weighted by atomic mass is 19.4. The first kappa shape index (κ1) is 19.3. The first-order chi connectivity index (χ1) is 13.3. The fourth-order valence-electron chi connectivity index (χ4n) is 2.48. The second-order valence-electron chi connectivity index (χ2n) is 5.86. The zero-order valence-corrected chi connectivity index (χ0v) is 14.8. The van der Waals surface area contributed by atoms with Crippen LogP contribution in [0.2, 0.25) is 0 Å². The number of amides is 1. The number of alkyl halides is 3. The van der Waals surface area contributed by atoms with Gasteiger partial charge in [0.25, 0.3) is 5.91 Å². The summed E-state index contributed by atoms with van der Waals surface area (Å²) in [4.78, 5) is 24.8. The maximum absolute atomic E-state index is 13.1. The molecular weight excluding hydrogens is 371 g/mol. The van der Waals surface area contributed by atoms with E-state index in [1.54, 1.807) is 19.2 Å². The number of carbonyl (C=O) groups is 1. The Hall–Kier alpha value is -3.49. The normalized spacial score (nSPS) is 11.1. The first-order valence-electron chi connectivity index (χ1n) is 8.30. The van der Waals surface area contributed by atoms with Crippen molar-refractivity contribution in [1.29, 1.82) is 0 Å². The summed E-state index contributed by atoms with van der Waals surface area (Å²) in [6.45, 7) is 1.96. The predicted molar refractivity (Wildman–Crippen MR) is 97.7 cm³/mol. The number of para-hydroxylation sites is 1. The van der Waals surface area contributed by atoms with Gasteiger partial charge in [-0.2, -0.15) is 13.2 Å². The van der Waals surface area contributed by atoms with Crippen molar-refractivity contribution in [2.45, 2.75) is 19.6 Å². The summed E-state index contributed by atoms with van der Waals surface area (Å²) in [6, 6.07) is 11.6. The Morgan fingerprint density at radius 3 is 2.54 bits per heavy atom. The number of hydrogen-bond donors (Lipinski definition) is 2. The van der Waals surface area contributed by atoms with Crippen LogP contribution in [0.4, 0.5) is 24.7 Å². The Labute approximate surface area is 158 Å². The Balaban J connectivity index is 1.78. The van der Waals surface area contributed by atoms with Crippen LogP contribution in [0.5, 0.6) is 0 Å². The van der Waals surface area contributed by atoms with Gasteiger partial charge in [0.05, 0.1) is 23.5 Å². The summed E-state index contributed by atoms with van der Waals surface area (Å²) in [5, 5.41) is 5.30. The third-order valence-electron chi connectivity index (χ3n) is 3.73. The molecule has 0 bridgehead atoms. The van der Waals surface area contributed by atoms with E-state index < -0.39 is 17.6 Å². The Bertz CT molecular complexity index is 977. The molecular formula is C19H16F3N5O. The van der Waals surface area contributed by atoms with Gasteiger partial charge in [-0.05, 0) is 31.2 Å². The molecule has 0 aliphatic heterocycles. The largest absolute Gasteiger partial charge is 0.418 e. The van der Waals surface area contributed by atoms with E-state index in [9.17, 15) is 18.0 Å². The van der Waals surface area contributed by atoms with Gasteiger partial charge in [0.15, 0.2) is 0 Å². The lowest BCUT2D eigenvalue weighted by atomic mass is 10.1. The summed E-state index contributed by atoms with van der Waals surface area (Å²) < 4.78 is 39.3. The van der Waals surface area contributed by atoms with Crippen LogP contribution in [-0.2, 0) is 12.7 Å². The van der Waals surface area contributed by atoms with Crippen LogP contribution in [0.1, 0.15) is 27.6 Å². The maximum Gasteiger partial charge on any atom is 0.418 e. The molecule has 0 saturated heterocycles. The molecule has 144 valence electrons. The number of aromatic nitrogens is 3. The summed E-state index contributed by atoms with van der Waals surface area (Å²) in [5.41, 5.74) is -0.543. The standard InChI is InChI=1S/C19H16F3N5O/c1-12-25-16(10-17(26-12)24-11-13-6-4-5-9-23-13)18(28)27-15-8-3-2-7-14(15)19(20,21)22/h2-10H,11H2,1H3,(H,27,28)(H,24,25,26). The summed E-state index contributed by atoms with van der Waals surface area (Å²) >= 11 is 0. The molecule has 0 aliphatic carbocycles. The Kier molecular flexibility index (Phi) is 5.53. The number of hydrogen-bond acceptors (Lipinski definition) is 5. The fourth-order valence-corrected chi connectivity index (χ4v) is 2.48. The lowest BCUT2D eigenvalue weighted by molar-refractivity contribution is -0.136. The molecule has 2 N–H and O–H groups in total. The molecule has 2 heterocycles. The van der Waals surface area contributed by atoms with E-state index in [4.69, 9.17) is 0 Å². The number of anilines is 2. The van der Waals surface area contributed by atoms with Crippen molar-refractivity contribution in [3.63, 3.8) is 0 Å². The van der Waals surface area contributed by atoms with E-state index in [1.165, 1.54) is 24.3 Å². The average Bonchev–Trinajstić information content (AvgIpc) is 2.66. The molecule has 9 heteroatoms. The van der Waals surface area contributed by atoms with Crippen molar-refractivity contribution < 1.29 is 18.0 Å². The van der Waals surface area contributed by atoms with Gasteiger partial charge in [-0.1, -0.05) is 18.2 Å². The third kappa shape index (κ3) is 4.81. The van der Waals surface area contributed by atoms with Crippen LogP contribution in [0.3, 0.4) is 0 Å². The van der Waals surface area contributed by atoms with Gasteiger partial charge >= 0.3 is 6.18 Å². The molecule has 0 spiro atoms. The number of benzene rings is 1. The quantitative estimate of drug-likeness (QED) is 0.690. The van der Waals surface area contributed by atoms with Crippen LogP contribution < -0.4 is 10.6 Å². The SMILES string of the molecule is Cc1nc(NCc2ccccn2)cc(C(=O)Nc2ccccc2C(F)(F)F)n1. The zero-order valence-electron chi connectivity index (χ0n) is 14.8. The van der Waals surface area contributed by atoms with E-state index in [1.807, 2.05) is 12.1 Å². The van der Waals surface area contributed by atoms with E-state index >= 15 is 0 Å². The van der Waals surface area contributed by atoms with Gasteiger partial charge in [-0.15, -0.1) is 0 Å². The number of aryl methyl sites for hydroxylation is 1. The second-order valence-corrected chi connectivity index (χ2v) is 5.86. The highest BCUT2D eigenvalue weighted by molar-refractivity contribution is 6.03. The minimum Gasteiger partial charge on any atom is -0.364 e. The second kappa shape index (κ2) is 8.03. The van der Waals surface area contributed by atoms with Crippen molar-refractivity contribution in [3.8, 4) is 0 Å². The summed E-state index contributed by atoms with van der Waals surface area (Å²) in [5.74, 6) is -0.0872. The van der Waals surface area contributed by atoms with Gasteiger partial charge in [0.1, 0.15) is 17.3 Å². The van der Waals surface area contributed by atoms with Crippen molar-refractivity contribution in [2.24, 2.45) is 0 Å². The molecule has 0 unspecified atom stereocenters. The van der Waals surface area contributed by atoms with Gasteiger partial charge in [-0.3, -0.25) is 9.78 Å². The van der Waals surface area contributed by atoms with Gasteiger partial charge < -0.3 is 10.6 Å². The maximum atomic E-state index is 13.1. The van der Waals surface area contributed by atoms with Crippen molar-refractivity contribution in [2.75, 3.05) is 10.6 Å². The average molecular weight is 387 g/mol. The van der Waals surface area contributed by atoms with E-state index in [-0.39, 0.29) is 11.4 Å². The van der Waals surface area contributed by atoms with Crippen LogP contribution in [0.25, 0.3) is 0 Å². The minimum absolute atomic E-state index is 0.0481. The highest BCUT2D eigenvalue weighted by Gasteiger charge is 2.33. The van der Waals surface area contributed by atoms with Crippen LogP contribution in [0.15, 0.2) is 54.7 Å². The van der Waals surface area contributed by atoms with Crippen molar-refractivity contribution in [1.82, 2.24) is 15.0 Å². The van der Waals surface area contributed by atoms with Gasteiger partial charge in [0.2, 0.25) is 0 Å². The molecule has 3 aromatic rings. The molecule has 3 rings (SSSR count). The molecule has 2 aromatic heterocycles. The van der Waals surface area contributed by atoms with E-state index in [0.717, 1.165) is 11.8 Å². The molecule has 0 fully saturated rings. The van der Waals surface area contributed by atoms with Gasteiger partial charge in [0, 0.05) is 12.3 Å². The Morgan fingerprint density at radius 1 is 1.07 bits per heavy atom. The van der Waals surface area contributed by atoms with Crippen molar-refractivity contribution in [3.05, 3.63) is 77.5 Å². The minimum atomic E-state index is -4.58. The highest BCUT2D eigenvalue weighted by Crippen LogP contribution is 2.34. The number of nitrogens with one attached hydrogen (secondary N) is 2. The van der Waals surface area contributed by atoms with Crippen LogP contribution >= 0.6 is 0 Å². The molecule has 0 radical (unpaired) electrons. The zero-order chi connectivity index (χ0) is 20.1. The number of pyridine rings is 1. The topological polar surface area (TPSA) is 79.8 Å². The molecule has 1 aromatic carbocycles. The molecule has 28 heavy (non-hydrogen) atoms. The Morgan fingerprint density at radius 2 is 1.82 bits per heavy atom. The van der Waals surface area contributed by atoms with E-state index in [0.29, 0.717) is 18.2 Å². The molecule has 0 atom stereocenters. The third-order valence-corrected chi connectivity index (χ3v) is 3.73. The monoisotopic (exact) mass is 387 g/mol. The lowest BCUT2D eigenvalue weighted by Crippen LogP contribution is -2.18. The van der Waals surface area contributed by atoms with Crippen LogP contribution in [-0.4, -0.2) is 20.9 Å². The molecule has 0 aliphatic rings. The molecule has 0 saturated carbocycles. The van der Waals surface area contributed by atoms with Crippen LogP contribution in [0, 0.1) is 6.92 Å². The van der Waals surface area contributed by atoms with E-state index in [2.05, 4.69) is 25.6 Å². The summed E-state index contributed by atoms with van der Waals surface area (Å²) in [6.07, 6.45) is -2.93. The van der Waals surface area contributed by atoms with Crippen molar-refractivity contribution >= 4 is 17.4 Å². The number of nitrogens with zero attached hydrogens (tertiary/aromatic N) is 3. The number of rotatable bonds is 5. The lowest BCUT2D eigenvalue weighted by Gasteiger charge is -2.14.